The maximum atomic E-state index is 6.35. The molecule has 0 bridgehead atoms. The van der Waals surface area contributed by atoms with Crippen LogP contribution >= 0.6 is 27.5 Å². The Morgan fingerprint density at radius 2 is 2.06 bits per heavy atom. The van der Waals surface area contributed by atoms with Crippen LogP contribution in [0.5, 0.6) is 5.75 Å². The Kier molecular flexibility index (Phi) is 4.34. The predicted molar refractivity (Wildman–Crippen MR) is 74.6 cm³/mol. The van der Waals surface area contributed by atoms with Gasteiger partial charge in [0.1, 0.15) is 5.75 Å². The third-order valence-corrected chi connectivity index (χ3v) is 4.32. The van der Waals surface area contributed by atoms with Gasteiger partial charge in [-0.05, 0) is 46.8 Å². The van der Waals surface area contributed by atoms with Crippen molar-refractivity contribution in [3.8, 4) is 5.75 Å². The van der Waals surface area contributed by atoms with Crippen LogP contribution in [0.15, 0.2) is 16.6 Å². The molecule has 0 saturated heterocycles. The summed E-state index contributed by atoms with van der Waals surface area (Å²) in [5.74, 6) is 1.36. The van der Waals surface area contributed by atoms with Crippen LogP contribution < -0.4 is 10.5 Å². The van der Waals surface area contributed by atoms with Crippen LogP contribution in [0.4, 0.5) is 0 Å². The van der Waals surface area contributed by atoms with Crippen LogP contribution in [-0.2, 0) is 0 Å². The minimum Gasteiger partial charge on any atom is -0.495 e. The summed E-state index contributed by atoms with van der Waals surface area (Å²) < 4.78 is 6.30. The van der Waals surface area contributed by atoms with Crippen molar-refractivity contribution in [3.05, 3.63) is 27.2 Å². The van der Waals surface area contributed by atoms with E-state index < -0.39 is 0 Å². The van der Waals surface area contributed by atoms with E-state index >= 15 is 0 Å². The largest absolute Gasteiger partial charge is 0.495 e. The van der Waals surface area contributed by atoms with Crippen molar-refractivity contribution in [1.82, 2.24) is 0 Å². The van der Waals surface area contributed by atoms with E-state index in [0.717, 1.165) is 15.8 Å². The highest BCUT2D eigenvalue weighted by molar-refractivity contribution is 9.10. The fraction of sp³-hybridized carbons (Fsp3) is 0.538. The van der Waals surface area contributed by atoms with E-state index in [2.05, 4.69) is 15.9 Å². The summed E-state index contributed by atoms with van der Waals surface area (Å²) in [6.45, 7) is 0. The maximum absolute atomic E-state index is 6.35. The zero-order valence-corrected chi connectivity index (χ0v) is 12.2. The van der Waals surface area contributed by atoms with Gasteiger partial charge in [-0.2, -0.15) is 0 Å². The third-order valence-electron chi connectivity index (χ3n) is 3.51. The van der Waals surface area contributed by atoms with Gasteiger partial charge in [-0.3, -0.25) is 0 Å². The Labute approximate surface area is 116 Å². The van der Waals surface area contributed by atoms with Gasteiger partial charge in [0.25, 0.3) is 0 Å². The third kappa shape index (κ3) is 2.78. The number of benzene rings is 1. The van der Waals surface area contributed by atoms with Gasteiger partial charge in [0.05, 0.1) is 11.6 Å². The van der Waals surface area contributed by atoms with Gasteiger partial charge in [-0.25, -0.2) is 0 Å². The van der Waals surface area contributed by atoms with Gasteiger partial charge < -0.3 is 10.5 Å². The molecule has 0 radical (unpaired) electrons. The molecule has 0 heterocycles. The second-order valence-corrected chi connectivity index (χ2v) is 5.87. The monoisotopic (exact) mass is 317 g/mol. The van der Waals surface area contributed by atoms with Gasteiger partial charge in [-0.15, -0.1) is 0 Å². The number of ether oxygens (including phenoxy) is 1. The Morgan fingerprint density at radius 3 is 2.65 bits per heavy atom. The first-order valence-electron chi connectivity index (χ1n) is 5.92. The van der Waals surface area contributed by atoms with Crippen molar-refractivity contribution in [2.75, 3.05) is 7.11 Å². The molecule has 2 N–H and O–H groups in total. The highest BCUT2D eigenvalue weighted by atomic mass is 79.9. The predicted octanol–water partition coefficient (Wildman–Crippen LogP) is 4.30. The minimum absolute atomic E-state index is 0.0162. The topological polar surface area (TPSA) is 35.2 Å². The van der Waals surface area contributed by atoms with Crippen LogP contribution in [-0.4, -0.2) is 7.11 Å². The summed E-state index contributed by atoms with van der Waals surface area (Å²) in [6, 6.07) is 3.78. The van der Waals surface area contributed by atoms with Gasteiger partial charge in [0.2, 0.25) is 0 Å². The molecule has 1 aliphatic rings. The SMILES string of the molecule is COc1c(Br)cc(Cl)cc1C(N)C1CCCC1. The van der Waals surface area contributed by atoms with Gasteiger partial charge in [0, 0.05) is 16.6 Å². The van der Waals surface area contributed by atoms with Crippen LogP contribution in [0.25, 0.3) is 0 Å². The van der Waals surface area contributed by atoms with E-state index in [1.165, 1.54) is 25.7 Å². The Bertz CT molecular complexity index is 405. The molecule has 1 aliphatic carbocycles. The molecular weight excluding hydrogens is 302 g/mol. The number of halogens is 2. The first-order valence-corrected chi connectivity index (χ1v) is 7.09. The molecule has 94 valence electrons. The summed E-state index contributed by atoms with van der Waals surface area (Å²) in [6.07, 6.45) is 4.97. The average Bonchev–Trinajstić information content (AvgIpc) is 2.80. The molecule has 0 amide bonds. The molecule has 1 atom stereocenters. The summed E-state index contributed by atoms with van der Waals surface area (Å²) >= 11 is 9.56. The Hall–Kier alpha value is -0.250. The van der Waals surface area contributed by atoms with Gasteiger partial charge in [0.15, 0.2) is 0 Å². The van der Waals surface area contributed by atoms with Crippen molar-refractivity contribution in [2.45, 2.75) is 31.7 Å². The maximum Gasteiger partial charge on any atom is 0.137 e. The number of methoxy groups -OCH3 is 1. The minimum atomic E-state index is 0.0162. The molecule has 0 aliphatic heterocycles. The van der Waals surface area contributed by atoms with Crippen LogP contribution in [0.2, 0.25) is 5.02 Å². The molecule has 17 heavy (non-hydrogen) atoms. The van der Waals surface area contributed by atoms with Crippen molar-refractivity contribution in [3.63, 3.8) is 0 Å². The molecule has 1 aromatic carbocycles. The van der Waals surface area contributed by atoms with Gasteiger partial charge in [-0.1, -0.05) is 24.4 Å². The molecule has 2 nitrogen and oxygen atoms in total. The van der Waals surface area contributed by atoms with E-state index in [0.29, 0.717) is 10.9 Å². The molecule has 0 spiro atoms. The average molecular weight is 319 g/mol. The van der Waals surface area contributed by atoms with E-state index in [9.17, 15) is 0 Å². The molecule has 2 rings (SSSR count). The first-order chi connectivity index (χ1) is 8.13. The lowest BCUT2D eigenvalue weighted by Crippen LogP contribution is -2.20. The zero-order chi connectivity index (χ0) is 12.4. The molecule has 1 fully saturated rings. The molecule has 1 saturated carbocycles. The summed E-state index contributed by atoms with van der Waals surface area (Å²) in [4.78, 5) is 0. The molecule has 1 unspecified atom stereocenters. The molecule has 0 aromatic heterocycles. The van der Waals surface area contributed by atoms with Crippen molar-refractivity contribution in [2.24, 2.45) is 11.7 Å². The number of hydrogen-bond acceptors (Lipinski definition) is 2. The van der Waals surface area contributed by atoms with Crippen LogP contribution in [0.1, 0.15) is 37.3 Å². The molecule has 4 heteroatoms. The fourth-order valence-electron chi connectivity index (χ4n) is 2.61. The molecule has 1 aromatic rings. The van der Waals surface area contributed by atoms with E-state index in [1.54, 1.807) is 7.11 Å². The highest BCUT2D eigenvalue weighted by Gasteiger charge is 2.26. The lowest BCUT2D eigenvalue weighted by molar-refractivity contribution is 0.383. The summed E-state index contributed by atoms with van der Waals surface area (Å²) in [5.41, 5.74) is 7.37. The first kappa shape index (κ1) is 13.2. The summed E-state index contributed by atoms with van der Waals surface area (Å²) in [5, 5.41) is 0.695. The van der Waals surface area contributed by atoms with Crippen molar-refractivity contribution >= 4 is 27.5 Å². The Morgan fingerprint density at radius 1 is 1.41 bits per heavy atom. The van der Waals surface area contributed by atoms with E-state index in [1.807, 2.05) is 12.1 Å². The number of rotatable bonds is 3. The van der Waals surface area contributed by atoms with E-state index in [4.69, 9.17) is 22.1 Å². The fourth-order valence-corrected chi connectivity index (χ4v) is 3.61. The highest BCUT2D eigenvalue weighted by Crippen LogP contribution is 2.41. The number of nitrogens with two attached hydrogens (primary N) is 1. The van der Waals surface area contributed by atoms with E-state index in [-0.39, 0.29) is 6.04 Å². The number of hydrogen-bond donors (Lipinski definition) is 1. The molecular formula is C13H17BrClNO. The normalized spacial score (nSPS) is 18.4. The second kappa shape index (κ2) is 5.59. The lowest BCUT2D eigenvalue weighted by Gasteiger charge is -2.22. The quantitative estimate of drug-likeness (QED) is 0.901. The summed E-state index contributed by atoms with van der Waals surface area (Å²) in [7, 11) is 1.67. The second-order valence-electron chi connectivity index (χ2n) is 4.58. The van der Waals surface area contributed by atoms with Gasteiger partial charge >= 0.3 is 0 Å². The Balaban J connectivity index is 2.35. The standard InChI is InChI=1S/C13H17BrClNO/c1-17-13-10(6-9(15)7-11(13)14)12(16)8-4-2-3-5-8/h6-8,12H,2-5,16H2,1H3. The van der Waals surface area contributed by atoms with Crippen molar-refractivity contribution < 1.29 is 4.74 Å². The van der Waals surface area contributed by atoms with Crippen molar-refractivity contribution in [1.29, 1.82) is 0 Å². The van der Waals surface area contributed by atoms with Crippen LogP contribution in [0, 0.1) is 5.92 Å². The lowest BCUT2D eigenvalue weighted by atomic mass is 9.92. The van der Waals surface area contributed by atoms with Crippen LogP contribution in [0.3, 0.4) is 0 Å². The smallest absolute Gasteiger partial charge is 0.137 e. The zero-order valence-electron chi connectivity index (χ0n) is 9.88.